The van der Waals surface area contributed by atoms with Crippen molar-refractivity contribution in [1.29, 1.82) is 0 Å². The van der Waals surface area contributed by atoms with Crippen LogP contribution in [0.5, 0.6) is 5.75 Å². The van der Waals surface area contributed by atoms with E-state index in [1.165, 1.54) is 22.5 Å². The number of carbonyl (C=O) groups excluding carboxylic acids is 1. The van der Waals surface area contributed by atoms with Crippen LogP contribution >= 0.6 is 11.6 Å². The number of morpholine rings is 1. The van der Waals surface area contributed by atoms with E-state index in [4.69, 9.17) is 21.1 Å². The third kappa shape index (κ3) is 5.20. The topological polar surface area (TPSA) is 84.9 Å². The molecule has 3 rings (SSSR count). The Morgan fingerprint density at radius 3 is 2.63 bits per heavy atom. The van der Waals surface area contributed by atoms with Crippen LogP contribution in [0.3, 0.4) is 0 Å². The molecule has 1 heterocycles. The Bertz CT molecular complexity index is 1060. The van der Waals surface area contributed by atoms with Gasteiger partial charge < -0.3 is 14.8 Å². The molecule has 1 saturated heterocycles. The summed E-state index contributed by atoms with van der Waals surface area (Å²) in [5, 5.41) is 2.77. The lowest BCUT2D eigenvalue weighted by Gasteiger charge is -2.26. The van der Waals surface area contributed by atoms with Crippen molar-refractivity contribution in [3.63, 3.8) is 0 Å². The van der Waals surface area contributed by atoms with Gasteiger partial charge in [0.25, 0.3) is 0 Å². The third-order valence-electron chi connectivity index (χ3n) is 4.59. The van der Waals surface area contributed by atoms with Gasteiger partial charge in [-0.25, -0.2) is 8.42 Å². The third-order valence-corrected chi connectivity index (χ3v) is 6.97. The number of nitrogens with zero attached hydrogens (tertiary/aromatic N) is 1. The van der Waals surface area contributed by atoms with Gasteiger partial charge in [-0.05, 0) is 43.3 Å². The molecule has 0 saturated carbocycles. The first kappa shape index (κ1) is 22.3. The molecule has 2 aromatic carbocycles. The molecule has 0 atom stereocenters. The SMILES string of the molecule is COc1ccc(C)cc1C=CC(=O)Nc1ccc(Cl)c(S(=O)(=O)N2CCOCC2)c1. The lowest BCUT2D eigenvalue weighted by atomic mass is 10.1. The number of ether oxygens (including phenoxy) is 2. The number of benzene rings is 2. The van der Waals surface area contributed by atoms with Crippen LogP contribution in [0, 0.1) is 6.92 Å². The molecule has 0 spiro atoms. The fraction of sp³-hybridized carbons (Fsp3) is 0.286. The molecule has 30 heavy (non-hydrogen) atoms. The van der Waals surface area contributed by atoms with E-state index < -0.39 is 15.9 Å². The first-order valence-corrected chi connectivity index (χ1v) is 11.1. The standard InChI is InChI=1S/C21H23ClN2O5S/c1-15-3-7-19(28-2)16(13-15)4-8-21(25)23-17-5-6-18(22)20(14-17)30(26,27)24-9-11-29-12-10-24/h3-8,13-14H,9-12H2,1-2H3,(H,23,25). The lowest BCUT2D eigenvalue weighted by molar-refractivity contribution is -0.111. The molecule has 0 radical (unpaired) electrons. The van der Waals surface area contributed by atoms with E-state index >= 15 is 0 Å². The van der Waals surface area contributed by atoms with Crippen LogP contribution in [0.1, 0.15) is 11.1 Å². The molecule has 7 nitrogen and oxygen atoms in total. The molecule has 1 fully saturated rings. The maximum atomic E-state index is 12.9. The van der Waals surface area contributed by atoms with Gasteiger partial charge in [-0.15, -0.1) is 0 Å². The fourth-order valence-corrected chi connectivity index (χ4v) is 4.95. The number of carbonyl (C=O) groups is 1. The molecule has 9 heteroatoms. The van der Waals surface area contributed by atoms with Crippen LogP contribution in [0.2, 0.25) is 5.02 Å². The van der Waals surface area contributed by atoms with E-state index in [2.05, 4.69) is 5.32 Å². The van der Waals surface area contributed by atoms with E-state index in [1.807, 2.05) is 25.1 Å². The van der Waals surface area contributed by atoms with Crippen molar-refractivity contribution >= 4 is 39.3 Å². The summed E-state index contributed by atoms with van der Waals surface area (Å²) in [5.74, 6) is 0.241. The smallest absolute Gasteiger partial charge is 0.248 e. The normalized spacial score (nSPS) is 15.3. The van der Waals surface area contributed by atoms with Gasteiger partial charge in [-0.2, -0.15) is 4.31 Å². The van der Waals surface area contributed by atoms with Crippen molar-refractivity contribution in [2.75, 3.05) is 38.7 Å². The number of amides is 1. The Morgan fingerprint density at radius 1 is 1.20 bits per heavy atom. The molecule has 0 unspecified atom stereocenters. The van der Waals surface area contributed by atoms with Gasteiger partial charge >= 0.3 is 0 Å². The lowest BCUT2D eigenvalue weighted by Crippen LogP contribution is -2.40. The number of halogens is 1. The minimum absolute atomic E-state index is 0.0480. The number of hydrogen-bond acceptors (Lipinski definition) is 5. The summed E-state index contributed by atoms with van der Waals surface area (Å²) in [5.41, 5.74) is 2.13. The number of aryl methyl sites for hydroxylation is 1. The summed E-state index contributed by atoms with van der Waals surface area (Å²) in [7, 11) is -2.22. The van der Waals surface area contributed by atoms with Crippen molar-refractivity contribution in [3.05, 3.63) is 58.6 Å². The second kappa shape index (κ2) is 9.61. The highest BCUT2D eigenvalue weighted by molar-refractivity contribution is 7.89. The molecule has 160 valence electrons. The molecular weight excluding hydrogens is 428 g/mol. The van der Waals surface area contributed by atoms with Gasteiger partial charge in [0.1, 0.15) is 10.6 Å². The van der Waals surface area contributed by atoms with Crippen LogP contribution in [0.25, 0.3) is 6.08 Å². The summed E-state index contributed by atoms with van der Waals surface area (Å²) < 4.78 is 37.6. The number of sulfonamides is 1. The van der Waals surface area contributed by atoms with Crippen LogP contribution in [0.15, 0.2) is 47.4 Å². The Balaban J connectivity index is 1.78. The van der Waals surface area contributed by atoms with Crippen LogP contribution in [0.4, 0.5) is 5.69 Å². The van der Waals surface area contributed by atoms with Crippen molar-refractivity contribution in [2.24, 2.45) is 0 Å². The zero-order chi connectivity index (χ0) is 21.7. The molecule has 1 aliphatic heterocycles. The van der Waals surface area contributed by atoms with E-state index in [9.17, 15) is 13.2 Å². The minimum atomic E-state index is -3.78. The van der Waals surface area contributed by atoms with Gasteiger partial charge in [0.15, 0.2) is 0 Å². The van der Waals surface area contributed by atoms with Gasteiger partial charge in [-0.1, -0.05) is 23.2 Å². The first-order chi connectivity index (χ1) is 14.3. The van der Waals surface area contributed by atoms with E-state index in [0.717, 1.165) is 11.1 Å². The van der Waals surface area contributed by atoms with Crippen molar-refractivity contribution in [3.8, 4) is 5.75 Å². The molecule has 1 aliphatic rings. The minimum Gasteiger partial charge on any atom is -0.496 e. The Morgan fingerprint density at radius 2 is 1.93 bits per heavy atom. The summed E-state index contributed by atoms with van der Waals surface area (Å²) in [4.78, 5) is 12.3. The molecule has 0 aromatic heterocycles. The Hall–Kier alpha value is -2.39. The summed E-state index contributed by atoms with van der Waals surface area (Å²) in [6, 6.07) is 10.0. The van der Waals surface area contributed by atoms with Gasteiger partial charge in [0.05, 0.1) is 25.3 Å². The summed E-state index contributed by atoms with van der Waals surface area (Å²) in [6.07, 6.45) is 3.00. The predicted octanol–water partition coefficient (Wildman–Crippen LogP) is 3.33. The zero-order valence-electron chi connectivity index (χ0n) is 16.7. The molecule has 2 aromatic rings. The zero-order valence-corrected chi connectivity index (χ0v) is 18.3. The van der Waals surface area contributed by atoms with Crippen LogP contribution in [-0.4, -0.2) is 52.0 Å². The van der Waals surface area contributed by atoms with E-state index in [0.29, 0.717) is 24.7 Å². The number of methoxy groups -OCH3 is 1. The number of hydrogen-bond donors (Lipinski definition) is 1. The quantitative estimate of drug-likeness (QED) is 0.682. The number of rotatable bonds is 6. The highest BCUT2D eigenvalue weighted by atomic mass is 35.5. The van der Waals surface area contributed by atoms with Crippen molar-refractivity contribution in [2.45, 2.75) is 11.8 Å². The van der Waals surface area contributed by atoms with Gasteiger partial charge in [-0.3, -0.25) is 4.79 Å². The maximum Gasteiger partial charge on any atom is 0.248 e. The van der Waals surface area contributed by atoms with Crippen LogP contribution in [-0.2, 0) is 19.6 Å². The largest absolute Gasteiger partial charge is 0.496 e. The second-order valence-corrected chi connectivity index (χ2v) is 9.04. The maximum absolute atomic E-state index is 12.9. The Kier molecular flexibility index (Phi) is 7.14. The van der Waals surface area contributed by atoms with Gasteiger partial charge in [0, 0.05) is 30.4 Å². The monoisotopic (exact) mass is 450 g/mol. The molecule has 1 amide bonds. The predicted molar refractivity (Wildman–Crippen MR) is 116 cm³/mol. The molecule has 0 aliphatic carbocycles. The highest BCUT2D eigenvalue weighted by Gasteiger charge is 2.28. The summed E-state index contributed by atoms with van der Waals surface area (Å²) in [6.45, 7) is 3.13. The van der Waals surface area contributed by atoms with E-state index in [-0.39, 0.29) is 23.0 Å². The second-order valence-electron chi connectivity index (χ2n) is 6.73. The molecule has 0 bridgehead atoms. The first-order valence-electron chi connectivity index (χ1n) is 9.32. The van der Waals surface area contributed by atoms with E-state index in [1.54, 1.807) is 19.3 Å². The number of nitrogens with one attached hydrogen (secondary N) is 1. The average Bonchev–Trinajstić information content (AvgIpc) is 2.74. The average molecular weight is 451 g/mol. The Labute approximate surface area is 181 Å². The van der Waals surface area contributed by atoms with Crippen molar-refractivity contribution < 1.29 is 22.7 Å². The highest BCUT2D eigenvalue weighted by Crippen LogP contribution is 2.28. The number of anilines is 1. The van der Waals surface area contributed by atoms with Gasteiger partial charge in [0.2, 0.25) is 15.9 Å². The molecule has 1 N–H and O–H groups in total. The van der Waals surface area contributed by atoms with Crippen LogP contribution < -0.4 is 10.1 Å². The van der Waals surface area contributed by atoms with Crippen molar-refractivity contribution in [1.82, 2.24) is 4.31 Å². The summed E-state index contributed by atoms with van der Waals surface area (Å²) >= 11 is 6.15. The molecular formula is C21H23ClN2O5S. The fourth-order valence-electron chi connectivity index (χ4n) is 3.04.